The van der Waals surface area contributed by atoms with Gasteiger partial charge < -0.3 is 9.72 Å². The second-order valence-electron chi connectivity index (χ2n) is 4.20. The molecule has 0 atom stereocenters. The van der Waals surface area contributed by atoms with Crippen LogP contribution in [0.5, 0.6) is 5.75 Å². The maximum absolute atomic E-state index is 13.8. The van der Waals surface area contributed by atoms with Gasteiger partial charge in [0.05, 0.1) is 5.02 Å². The van der Waals surface area contributed by atoms with Crippen LogP contribution in [-0.4, -0.2) is 4.98 Å². The number of fused-ring (bicyclic) bond motifs is 1. The minimum absolute atomic E-state index is 0.253. The molecule has 19 heavy (non-hydrogen) atoms. The van der Waals surface area contributed by atoms with E-state index in [2.05, 4.69) is 4.98 Å². The minimum atomic E-state index is -0.253. The molecule has 0 radical (unpaired) electrons. The average Bonchev–Trinajstić information content (AvgIpc) is 2.83. The summed E-state index contributed by atoms with van der Waals surface area (Å²) in [6, 6.07) is 12.2. The van der Waals surface area contributed by atoms with Crippen molar-refractivity contribution >= 4 is 22.5 Å². The quantitative estimate of drug-likeness (QED) is 0.746. The number of H-pyrrole nitrogens is 1. The number of halogens is 2. The van der Waals surface area contributed by atoms with Crippen molar-refractivity contribution in [3.8, 4) is 5.75 Å². The molecule has 0 aliphatic heterocycles. The van der Waals surface area contributed by atoms with Crippen LogP contribution >= 0.6 is 11.6 Å². The van der Waals surface area contributed by atoms with Crippen LogP contribution in [0.4, 0.5) is 4.39 Å². The highest BCUT2D eigenvalue weighted by atomic mass is 35.5. The molecule has 1 aromatic heterocycles. The fourth-order valence-electron chi connectivity index (χ4n) is 2.04. The van der Waals surface area contributed by atoms with E-state index in [1.807, 2.05) is 18.2 Å². The molecule has 1 N–H and O–H groups in total. The number of aromatic amines is 1. The van der Waals surface area contributed by atoms with Crippen molar-refractivity contribution < 1.29 is 9.13 Å². The monoisotopic (exact) mass is 275 g/mol. The first-order valence-electron chi connectivity index (χ1n) is 5.87. The van der Waals surface area contributed by atoms with Crippen LogP contribution in [0.2, 0.25) is 5.02 Å². The summed E-state index contributed by atoms with van der Waals surface area (Å²) in [6.45, 7) is 0.269. The molecule has 0 aliphatic rings. The Labute approximate surface area is 114 Å². The molecule has 2 aromatic carbocycles. The summed E-state index contributed by atoms with van der Waals surface area (Å²) in [4.78, 5) is 3.03. The number of hydrogen-bond acceptors (Lipinski definition) is 1. The van der Waals surface area contributed by atoms with Gasteiger partial charge in [-0.1, -0.05) is 29.8 Å². The van der Waals surface area contributed by atoms with Crippen LogP contribution in [0, 0.1) is 5.82 Å². The molecule has 96 valence electrons. The van der Waals surface area contributed by atoms with Gasteiger partial charge in [0, 0.05) is 22.7 Å². The lowest BCUT2D eigenvalue weighted by molar-refractivity contribution is 0.307. The van der Waals surface area contributed by atoms with E-state index in [-0.39, 0.29) is 12.4 Å². The number of hydrogen-bond donors (Lipinski definition) is 1. The third-order valence-electron chi connectivity index (χ3n) is 2.96. The van der Waals surface area contributed by atoms with Crippen LogP contribution in [0.15, 0.2) is 48.7 Å². The Balaban J connectivity index is 1.89. The SMILES string of the molecule is Fc1cccc2[nH]cc(COc3ccccc3Cl)c12. The largest absolute Gasteiger partial charge is 0.487 e. The maximum Gasteiger partial charge on any atom is 0.138 e. The van der Waals surface area contributed by atoms with E-state index in [0.717, 1.165) is 11.1 Å². The van der Waals surface area contributed by atoms with Gasteiger partial charge in [-0.05, 0) is 24.3 Å². The van der Waals surface area contributed by atoms with Gasteiger partial charge >= 0.3 is 0 Å². The van der Waals surface area contributed by atoms with E-state index < -0.39 is 0 Å². The Morgan fingerprint density at radius 2 is 1.95 bits per heavy atom. The molecule has 0 saturated heterocycles. The van der Waals surface area contributed by atoms with Crippen molar-refractivity contribution in [2.45, 2.75) is 6.61 Å². The van der Waals surface area contributed by atoms with Crippen molar-refractivity contribution in [2.75, 3.05) is 0 Å². The van der Waals surface area contributed by atoms with Gasteiger partial charge in [0.25, 0.3) is 0 Å². The van der Waals surface area contributed by atoms with E-state index in [9.17, 15) is 4.39 Å². The molecule has 0 bridgehead atoms. The first kappa shape index (κ1) is 12.1. The van der Waals surface area contributed by atoms with Gasteiger partial charge in [-0.15, -0.1) is 0 Å². The number of para-hydroxylation sites is 1. The summed E-state index contributed by atoms with van der Waals surface area (Å²) in [7, 11) is 0. The lowest BCUT2D eigenvalue weighted by Gasteiger charge is -2.07. The molecule has 0 aliphatic carbocycles. The Bertz CT molecular complexity index is 723. The van der Waals surface area contributed by atoms with Gasteiger partial charge in [-0.3, -0.25) is 0 Å². The predicted molar refractivity (Wildman–Crippen MR) is 74.0 cm³/mol. The molecular weight excluding hydrogens is 265 g/mol. The van der Waals surface area contributed by atoms with Crippen molar-refractivity contribution in [2.24, 2.45) is 0 Å². The molecule has 3 aromatic rings. The maximum atomic E-state index is 13.8. The molecule has 0 unspecified atom stereocenters. The second-order valence-corrected chi connectivity index (χ2v) is 4.60. The fraction of sp³-hybridized carbons (Fsp3) is 0.0667. The van der Waals surface area contributed by atoms with Gasteiger partial charge in [0.2, 0.25) is 0 Å². The lowest BCUT2D eigenvalue weighted by atomic mass is 10.2. The lowest BCUT2D eigenvalue weighted by Crippen LogP contribution is -1.95. The molecule has 0 spiro atoms. The standard InChI is InChI=1S/C15H11ClFNO/c16-11-4-1-2-7-14(11)19-9-10-8-18-13-6-3-5-12(17)15(10)13/h1-8,18H,9H2. The van der Waals surface area contributed by atoms with Crippen molar-refractivity contribution in [3.05, 3.63) is 65.1 Å². The zero-order valence-corrected chi connectivity index (χ0v) is 10.7. The summed E-state index contributed by atoms with van der Waals surface area (Å²) in [5, 5.41) is 1.11. The molecule has 3 rings (SSSR count). The first-order chi connectivity index (χ1) is 9.25. The Morgan fingerprint density at radius 1 is 1.11 bits per heavy atom. The minimum Gasteiger partial charge on any atom is -0.487 e. The van der Waals surface area contributed by atoms with E-state index in [1.54, 1.807) is 24.4 Å². The van der Waals surface area contributed by atoms with E-state index in [1.165, 1.54) is 6.07 Å². The molecule has 0 saturated carbocycles. The molecule has 1 heterocycles. The smallest absolute Gasteiger partial charge is 0.138 e. The summed E-state index contributed by atoms with van der Waals surface area (Å²) < 4.78 is 19.4. The van der Waals surface area contributed by atoms with Crippen LogP contribution in [0.1, 0.15) is 5.56 Å². The molecule has 0 amide bonds. The van der Waals surface area contributed by atoms with Crippen LogP contribution in [0.25, 0.3) is 10.9 Å². The van der Waals surface area contributed by atoms with Crippen molar-refractivity contribution in [1.82, 2.24) is 4.98 Å². The van der Waals surface area contributed by atoms with Crippen LogP contribution < -0.4 is 4.74 Å². The van der Waals surface area contributed by atoms with Crippen LogP contribution in [0.3, 0.4) is 0 Å². The van der Waals surface area contributed by atoms with Crippen LogP contribution in [-0.2, 0) is 6.61 Å². The molecule has 2 nitrogen and oxygen atoms in total. The third-order valence-corrected chi connectivity index (χ3v) is 3.27. The zero-order chi connectivity index (χ0) is 13.2. The summed E-state index contributed by atoms with van der Waals surface area (Å²) >= 11 is 6.01. The highest BCUT2D eigenvalue weighted by Gasteiger charge is 2.09. The fourth-order valence-corrected chi connectivity index (χ4v) is 2.23. The number of aromatic nitrogens is 1. The number of rotatable bonds is 3. The van der Waals surface area contributed by atoms with E-state index in [4.69, 9.17) is 16.3 Å². The van der Waals surface area contributed by atoms with Crippen molar-refractivity contribution in [3.63, 3.8) is 0 Å². The summed E-state index contributed by atoms with van der Waals surface area (Å²) in [5.41, 5.74) is 1.53. The van der Waals surface area contributed by atoms with Gasteiger partial charge in [0.15, 0.2) is 0 Å². The molecular formula is C15H11ClFNO. The zero-order valence-electron chi connectivity index (χ0n) is 9.99. The first-order valence-corrected chi connectivity index (χ1v) is 6.25. The Hall–Kier alpha value is -2.00. The van der Waals surface area contributed by atoms with E-state index in [0.29, 0.717) is 16.2 Å². The summed E-state index contributed by atoms with van der Waals surface area (Å²) in [5.74, 6) is 0.339. The predicted octanol–water partition coefficient (Wildman–Crippen LogP) is 4.54. The molecule has 0 fully saturated rings. The van der Waals surface area contributed by atoms with Gasteiger partial charge in [0.1, 0.15) is 18.2 Å². The highest BCUT2D eigenvalue weighted by Crippen LogP contribution is 2.26. The van der Waals surface area contributed by atoms with Gasteiger partial charge in [-0.2, -0.15) is 0 Å². The third kappa shape index (κ3) is 2.29. The van der Waals surface area contributed by atoms with Gasteiger partial charge in [-0.25, -0.2) is 4.39 Å². The normalized spacial score (nSPS) is 10.8. The average molecular weight is 276 g/mol. The Kier molecular flexibility index (Phi) is 3.13. The van der Waals surface area contributed by atoms with Crippen molar-refractivity contribution in [1.29, 1.82) is 0 Å². The summed E-state index contributed by atoms with van der Waals surface area (Å²) in [6.07, 6.45) is 1.75. The second kappa shape index (κ2) is 4.94. The number of nitrogens with one attached hydrogen (secondary N) is 1. The molecule has 4 heteroatoms. The highest BCUT2D eigenvalue weighted by molar-refractivity contribution is 6.32. The Morgan fingerprint density at radius 3 is 2.79 bits per heavy atom. The van der Waals surface area contributed by atoms with E-state index >= 15 is 0 Å². The topological polar surface area (TPSA) is 25.0 Å². The number of benzene rings is 2. The number of ether oxygens (including phenoxy) is 1.